The second kappa shape index (κ2) is 8.81. The highest BCUT2D eigenvalue weighted by molar-refractivity contribution is 5.94. The lowest BCUT2D eigenvalue weighted by molar-refractivity contribution is 0.0570. The van der Waals surface area contributed by atoms with Gasteiger partial charge in [0.1, 0.15) is 0 Å². The molecule has 1 fully saturated rings. The van der Waals surface area contributed by atoms with Crippen molar-refractivity contribution < 1.29 is 19.0 Å². The minimum atomic E-state index is 0.00896. The van der Waals surface area contributed by atoms with Crippen LogP contribution in [0.3, 0.4) is 0 Å². The second-order valence-electron chi connectivity index (χ2n) is 6.56. The molecule has 1 aliphatic heterocycles. The summed E-state index contributed by atoms with van der Waals surface area (Å²) < 4.78 is 15.7. The van der Waals surface area contributed by atoms with Gasteiger partial charge in [-0.2, -0.15) is 4.98 Å². The number of rotatable bonds is 6. The molecule has 2 aromatic rings. The molecule has 0 spiro atoms. The summed E-state index contributed by atoms with van der Waals surface area (Å²) in [4.78, 5) is 23.4. The third-order valence-corrected chi connectivity index (χ3v) is 4.73. The van der Waals surface area contributed by atoms with Gasteiger partial charge in [0.15, 0.2) is 0 Å². The molecule has 144 valence electrons. The molecule has 0 N–H and O–H groups in total. The number of pyridine rings is 2. The first-order chi connectivity index (χ1) is 13.2. The van der Waals surface area contributed by atoms with Gasteiger partial charge >= 0.3 is 0 Å². The van der Waals surface area contributed by atoms with Crippen LogP contribution < -0.4 is 9.47 Å². The van der Waals surface area contributed by atoms with E-state index in [1.54, 1.807) is 39.7 Å². The summed E-state index contributed by atoms with van der Waals surface area (Å²) in [5.41, 5.74) is 2.02. The van der Waals surface area contributed by atoms with Crippen molar-refractivity contribution in [3.63, 3.8) is 0 Å². The van der Waals surface area contributed by atoms with Gasteiger partial charge in [0.05, 0.1) is 37.6 Å². The van der Waals surface area contributed by atoms with Crippen LogP contribution >= 0.6 is 0 Å². The number of likely N-dealkylation sites (tertiary alicyclic amines) is 1. The van der Waals surface area contributed by atoms with E-state index in [2.05, 4.69) is 9.97 Å². The van der Waals surface area contributed by atoms with E-state index in [9.17, 15) is 4.79 Å². The van der Waals surface area contributed by atoms with E-state index in [4.69, 9.17) is 14.2 Å². The molecule has 3 heterocycles. The van der Waals surface area contributed by atoms with Crippen LogP contribution in [0, 0.1) is 5.92 Å². The van der Waals surface area contributed by atoms with Crippen molar-refractivity contribution in [3.05, 3.63) is 36.0 Å². The zero-order valence-electron chi connectivity index (χ0n) is 16.0. The van der Waals surface area contributed by atoms with Crippen LogP contribution in [0.4, 0.5) is 0 Å². The number of hydrogen-bond donors (Lipinski definition) is 0. The molecule has 7 heteroatoms. The topological polar surface area (TPSA) is 73.8 Å². The quantitative estimate of drug-likeness (QED) is 0.777. The normalized spacial score (nSPS) is 16.9. The minimum absolute atomic E-state index is 0.00896. The molecular weight excluding hydrogens is 346 g/mol. The van der Waals surface area contributed by atoms with Crippen LogP contribution in [-0.2, 0) is 4.74 Å². The number of aromatic nitrogens is 2. The fourth-order valence-electron chi connectivity index (χ4n) is 3.37. The van der Waals surface area contributed by atoms with Crippen molar-refractivity contribution in [2.45, 2.75) is 12.8 Å². The van der Waals surface area contributed by atoms with E-state index < -0.39 is 0 Å². The first kappa shape index (κ1) is 19.1. The molecule has 0 bridgehead atoms. The SMILES string of the molecule is COCC1CCCN(C(=O)c2ccc(-c3ccc(OC)nc3OC)nc2)C1. The molecule has 1 amide bonds. The Labute approximate surface area is 159 Å². The summed E-state index contributed by atoms with van der Waals surface area (Å²) in [6.07, 6.45) is 3.71. The maximum atomic E-state index is 12.8. The van der Waals surface area contributed by atoms with Crippen molar-refractivity contribution in [1.82, 2.24) is 14.9 Å². The van der Waals surface area contributed by atoms with Crippen LogP contribution in [0.2, 0.25) is 0 Å². The van der Waals surface area contributed by atoms with E-state index in [1.165, 1.54) is 0 Å². The van der Waals surface area contributed by atoms with Crippen LogP contribution in [0.25, 0.3) is 11.3 Å². The Hall–Kier alpha value is -2.67. The van der Waals surface area contributed by atoms with E-state index >= 15 is 0 Å². The molecule has 1 unspecified atom stereocenters. The summed E-state index contributed by atoms with van der Waals surface area (Å²) in [7, 11) is 4.81. The lowest BCUT2D eigenvalue weighted by Gasteiger charge is -2.32. The summed E-state index contributed by atoms with van der Waals surface area (Å²) in [5.74, 6) is 1.31. The van der Waals surface area contributed by atoms with E-state index in [1.807, 2.05) is 17.0 Å². The Bertz CT molecular complexity index is 777. The molecule has 1 saturated heterocycles. The van der Waals surface area contributed by atoms with Gasteiger partial charge in [0.25, 0.3) is 5.91 Å². The third-order valence-electron chi connectivity index (χ3n) is 4.73. The van der Waals surface area contributed by atoms with Crippen molar-refractivity contribution >= 4 is 5.91 Å². The van der Waals surface area contributed by atoms with E-state index in [0.29, 0.717) is 35.5 Å². The fourth-order valence-corrected chi connectivity index (χ4v) is 3.37. The Morgan fingerprint density at radius 2 is 2.04 bits per heavy atom. The Kier molecular flexibility index (Phi) is 6.24. The number of carbonyl (C=O) groups is 1. The van der Waals surface area contributed by atoms with Crippen molar-refractivity contribution in [2.75, 3.05) is 41.0 Å². The number of hydrogen-bond acceptors (Lipinski definition) is 6. The highest BCUT2D eigenvalue weighted by atomic mass is 16.5. The molecule has 0 aliphatic carbocycles. The van der Waals surface area contributed by atoms with Gasteiger partial charge in [-0.05, 0) is 37.0 Å². The van der Waals surface area contributed by atoms with Crippen LogP contribution in [0.1, 0.15) is 23.2 Å². The maximum absolute atomic E-state index is 12.8. The molecule has 0 radical (unpaired) electrons. The Balaban J connectivity index is 1.76. The number of amides is 1. The zero-order chi connectivity index (χ0) is 19.2. The smallest absolute Gasteiger partial charge is 0.255 e. The van der Waals surface area contributed by atoms with Gasteiger partial charge in [0, 0.05) is 32.5 Å². The van der Waals surface area contributed by atoms with Crippen LogP contribution in [0.15, 0.2) is 30.5 Å². The van der Waals surface area contributed by atoms with Crippen molar-refractivity contribution in [2.24, 2.45) is 5.92 Å². The number of carbonyl (C=O) groups excluding carboxylic acids is 1. The van der Waals surface area contributed by atoms with Gasteiger partial charge in [0.2, 0.25) is 11.8 Å². The summed E-state index contributed by atoms with van der Waals surface area (Å²) >= 11 is 0. The number of methoxy groups -OCH3 is 3. The van der Waals surface area contributed by atoms with Crippen molar-refractivity contribution in [1.29, 1.82) is 0 Å². The summed E-state index contributed by atoms with van der Waals surface area (Å²) in [6.45, 7) is 2.19. The van der Waals surface area contributed by atoms with Gasteiger partial charge in [-0.15, -0.1) is 0 Å². The fraction of sp³-hybridized carbons (Fsp3) is 0.450. The van der Waals surface area contributed by atoms with Gasteiger partial charge in [-0.1, -0.05) is 0 Å². The molecular formula is C20H25N3O4. The predicted molar refractivity (Wildman–Crippen MR) is 101 cm³/mol. The van der Waals surface area contributed by atoms with Gasteiger partial charge < -0.3 is 19.1 Å². The van der Waals surface area contributed by atoms with Gasteiger partial charge in [-0.25, -0.2) is 0 Å². The van der Waals surface area contributed by atoms with Crippen molar-refractivity contribution in [3.8, 4) is 23.0 Å². The minimum Gasteiger partial charge on any atom is -0.481 e. The molecule has 0 saturated carbocycles. The lowest BCUT2D eigenvalue weighted by atomic mass is 9.98. The number of ether oxygens (including phenoxy) is 3. The van der Waals surface area contributed by atoms with E-state index in [0.717, 1.165) is 31.5 Å². The molecule has 1 atom stereocenters. The average molecular weight is 371 g/mol. The Morgan fingerprint density at radius 3 is 2.70 bits per heavy atom. The summed E-state index contributed by atoms with van der Waals surface area (Å²) in [6, 6.07) is 7.21. The Morgan fingerprint density at radius 1 is 1.19 bits per heavy atom. The zero-order valence-corrected chi connectivity index (χ0v) is 16.0. The molecule has 7 nitrogen and oxygen atoms in total. The lowest BCUT2D eigenvalue weighted by Crippen LogP contribution is -2.41. The largest absolute Gasteiger partial charge is 0.481 e. The highest BCUT2D eigenvalue weighted by Crippen LogP contribution is 2.29. The van der Waals surface area contributed by atoms with Crippen LogP contribution in [-0.4, -0.2) is 61.8 Å². The third kappa shape index (κ3) is 4.36. The second-order valence-corrected chi connectivity index (χ2v) is 6.56. The molecule has 1 aliphatic rings. The molecule has 27 heavy (non-hydrogen) atoms. The van der Waals surface area contributed by atoms with Gasteiger partial charge in [-0.3, -0.25) is 9.78 Å². The summed E-state index contributed by atoms with van der Waals surface area (Å²) in [5, 5.41) is 0. The monoisotopic (exact) mass is 371 g/mol. The van der Waals surface area contributed by atoms with E-state index in [-0.39, 0.29) is 5.91 Å². The number of piperidine rings is 1. The standard InChI is InChI=1S/C20H25N3O4/c1-25-13-14-5-4-10-23(12-14)20(24)15-6-8-17(21-11-15)16-7-9-18(26-2)22-19(16)27-3/h6-9,11,14H,4-5,10,12-13H2,1-3H3. The first-order valence-corrected chi connectivity index (χ1v) is 9.00. The molecule has 3 rings (SSSR count). The molecule has 0 aromatic carbocycles. The highest BCUT2D eigenvalue weighted by Gasteiger charge is 2.24. The average Bonchev–Trinajstić information content (AvgIpc) is 2.73. The first-order valence-electron chi connectivity index (χ1n) is 9.00. The number of nitrogens with zero attached hydrogens (tertiary/aromatic N) is 3. The molecule has 2 aromatic heterocycles. The van der Waals surface area contributed by atoms with Crippen LogP contribution in [0.5, 0.6) is 11.8 Å². The predicted octanol–water partition coefficient (Wildman–Crippen LogP) is 2.66. The maximum Gasteiger partial charge on any atom is 0.255 e.